The second-order valence-corrected chi connectivity index (χ2v) is 8.50. The highest BCUT2D eigenvalue weighted by atomic mass is 16.5. The predicted molar refractivity (Wildman–Crippen MR) is 111 cm³/mol. The zero-order valence-electron chi connectivity index (χ0n) is 17.3. The molecule has 0 radical (unpaired) electrons. The highest BCUT2D eigenvalue weighted by Crippen LogP contribution is 2.52. The Morgan fingerprint density at radius 1 is 1.19 bits per heavy atom. The summed E-state index contributed by atoms with van der Waals surface area (Å²) in [4.78, 5) is 27.1. The lowest BCUT2D eigenvalue weighted by Crippen LogP contribution is -2.59. The maximum Gasteiger partial charge on any atom is 0.253 e. The van der Waals surface area contributed by atoms with Crippen molar-refractivity contribution in [3.8, 4) is 5.75 Å². The van der Waals surface area contributed by atoms with E-state index in [1.54, 1.807) is 25.1 Å². The van der Waals surface area contributed by atoms with E-state index in [0.717, 1.165) is 0 Å². The average Bonchev–Trinajstić information content (AvgIpc) is 2.66. The maximum absolute atomic E-state index is 13.5. The van der Waals surface area contributed by atoms with E-state index in [1.165, 1.54) is 6.07 Å². The van der Waals surface area contributed by atoms with Crippen molar-refractivity contribution in [2.45, 2.75) is 18.6 Å². The first-order chi connectivity index (χ1) is 14.9. The lowest BCUT2D eigenvalue weighted by Gasteiger charge is -2.46. The van der Waals surface area contributed by atoms with Crippen molar-refractivity contribution in [3.05, 3.63) is 40.2 Å². The number of hydrogen-bond donors (Lipinski definition) is 7. The van der Waals surface area contributed by atoms with Crippen LogP contribution in [0.5, 0.6) is 5.75 Å². The summed E-state index contributed by atoms with van der Waals surface area (Å²) in [5.74, 6) is -10.8. The van der Waals surface area contributed by atoms with Gasteiger partial charge in [0, 0.05) is 31.3 Å². The van der Waals surface area contributed by atoms with E-state index in [9.17, 15) is 40.3 Å². The van der Waals surface area contributed by atoms with Crippen LogP contribution in [-0.4, -0.2) is 68.0 Å². The summed E-state index contributed by atoms with van der Waals surface area (Å²) in [6.45, 7) is 0. The van der Waals surface area contributed by atoms with Crippen molar-refractivity contribution in [1.29, 1.82) is 0 Å². The Morgan fingerprint density at radius 3 is 2.41 bits per heavy atom. The van der Waals surface area contributed by atoms with Gasteiger partial charge in [0.05, 0.1) is 11.5 Å². The number of primary amides is 1. The Kier molecular flexibility index (Phi) is 4.72. The van der Waals surface area contributed by atoms with Gasteiger partial charge in [0.1, 0.15) is 22.8 Å². The predicted octanol–water partition coefficient (Wildman–Crippen LogP) is -0.0731. The standard InChI is InChI=1S/C21H23N3O8/c1-24(2)10-3-4-11(25)13-8(10)5-7-6-9-14(18(27)12(7)17(13)26)21(30,31)15(20(22)29)19(28)16(9)23-32/h3-4,7,9,14,25-26,28,30-32H,5-6H2,1-2H3,(H2,22,29)/b23-16-/t7-,9?,14?/m0/s1. The van der Waals surface area contributed by atoms with Gasteiger partial charge < -0.3 is 41.4 Å². The van der Waals surface area contributed by atoms with Crippen molar-refractivity contribution in [1.82, 2.24) is 0 Å². The largest absolute Gasteiger partial charge is 0.507 e. The van der Waals surface area contributed by atoms with Crippen LogP contribution in [0.15, 0.2) is 34.2 Å². The summed E-state index contributed by atoms with van der Waals surface area (Å²) in [5.41, 5.74) is 4.85. The number of nitrogens with two attached hydrogens (primary N) is 1. The molecule has 1 aromatic rings. The number of oxime groups is 1. The number of allylic oxidation sites excluding steroid dienone is 2. The number of anilines is 1. The van der Waals surface area contributed by atoms with Crippen LogP contribution in [-0.2, 0) is 16.0 Å². The number of carbonyl (C=O) groups is 2. The van der Waals surface area contributed by atoms with Gasteiger partial charge in [-0.15, -0.1) is 0 Å². The minimum absolute atomic E-state index is 0.0177. The number of phenolic OH excluding ortho intramolecular Hbond substituents is 1. The number of carbonyl (C=O) groups excluding carboxylic acids is 2. The molecule has 8 N–H and O–H groups in total. The summed E-state index contributed by atoms with van der Waals surface area (Å²) in [6, 6.07) is 3.05. The van der Waals surface area contributed by atoms with E-state index in [2.05, 4.69) is 5.16 Å². The van der Waals surface area contributed by atoms with Crippen LogP contribution < -0.4 is 10.6 Å². The number of hydrogen-bond acceptors (Lipinski definition) is 10. The van der Waals surface area contributed by atoms with Crippen LogP contribution in [0.2, 0.25) is 0 Å². The molecule has 0 saturated heterocycles. The molecule has 0 heterocycles. The fourth-order valence-electron chi connectivity index (χ4n) is 5.29. The van der Waals surface area contributed by atoms with Gasteiger partial charge in [-0.2, -0.15) is 0 Å². The van der Waals surface area contributed by atoms with E-state index >= 15 is 0 Å². The zero-order chi connectivity index (χ0) is 23.7. The Bertz CT molecular complexity index is 1150. The SMILES string of the molecule is CN(C)c1ccc(O)c2c1C[C@H]1CC3/C(=N/O)C(O)=C(C(N)=O)C(O)(O)C3C(=O)C1=C2O. The molecule has 3 aliphatic rings. The van der Waals surface area contributed by atoms with Gasteiger partial charge in [0.15, 0.2) is 11.5 Å². The number of amides is 1. The monoisotopic (exact) mass is 445 g/mol. The van der Waals surface area contributed by atoms with Crippen LogP contribution >= 0.6 is 0 Å². The lowest BCUT2D eigenvalue weighted by molar-refractivity contribution is -0.189. The van der Waals surface area contributed by atoms with Crippen LogP contribution in [0.1, 0.15) is 17.5 Å². The molecule has 32 heavy (non-hydrogen) atoms. The number of fused-ring (bicyclic) bond motifs is 3. The number of aliphatic hydroxyl groups is 4. The number of nitrogens with zero attached hydrogens (tertiary/aromatic N) is 2. The molecule has 2 unspecified atom stereocenters. The number of aromatic hydroxyl groups is 1. The van der Waals surface area contributed by atoms with Gasteiger partial charge in [-0.3, -0.25) is 9.59 Å². The number of rotatable bonds is 2. The van der Waals surface area contributed by atoms with Crippen molar-refractivity contribution in [2.24, 2.45) is 28.6 Å². The summed E-state index contributed by atoms with van der Waals surface area (Å²) in [6.07, 6.45) is 0.192. The van der Waals surface area contributed by atoms with Crippen LogP contribution in [0.25, 0.3) is 5.76 Å². The molecule has 0 aliphatic heterocycles. The van der Waals surface area contributed by atoms with Gasteiger partial charge in [-0.25, -0.2) is 0 Å². The molecule has 11 heteroatoms. The molecule has 3 aliphatic carbocycles. The molecule has 170 valence electrons. The Morgan fingerprint density at radius 2 is 1.84 bits per heavy atom. The van der Waals surface area contributed by atoms with Crippen LogP contribution in [0, 0.1) is 17.8 Å². The van der Waals surface area contributed by atoms with Gasteiger partial charge in [-0.1, -0.05) is 5.16 Å². The third-order valence-electron chi connectivity index (χ3n) is 6.57. The van der Waals surface area contributed by atoms with Gasteiger partial charge in [-0.05, 0) is 36.5 Å². The first kappa shape index (κ1) is 21.7. The Hall–Kier alpha value is -3.57. The highest BCUT2D eigenvalue weighted by molar-refractivity contribution is 6.16. The fourth-order valence-corrected chi connectivity index (χ4v) is 5.29. The molecular formula is C21H23N3O8. The lowest BCUT2D eigenvalue weighted by atomic mass is 9.59. The van der Waals surface area contributed by atoms with E-state index < -0.39 is 58.0 Å². The summed E-state index contributed by atoms with van der Waals surface area (Å²) < 4.78 is 0. The normalized spacial score (nSPS) is 27.7. The zero-order valence-corrected chi connectivity index (χ0v) is 17.3. The van der Waals surface area contributed by atoms with E-state index in [0.29, 0.717) is 11.3 Å². The van der Waals surface area contributed by atoms with Crippen molar-refractivity contribution >= 4 is 28.8 Å². The number of benzene rings is 1. The first-order valence-electron chi connectivity index (χ1n) is 9.83. The van der Waals surface area contributed by atoms with Gasteiger partial charge in [0.2, 0.25) is 5.79 Å². The Labute approximate surface area is 182 Å². The average molecular weight is 445 g/mol. The highest BCUT2D eigenvalue weighted by Gasteiger charge is 2.61. The molecule has 0 aromatic heterocycles. The molecule has 1 fully saturated rings. The van der Waals surface area contributed by atoms with Gasteiger partial charge >= 0.3 is 0 Å². The number of Topliss-reactive ketones (excluding diaryl/α,β-unsaturated/α-hetero) is 1. The molecule has 1 aromatic carbocycles. The third kappa shape index (κ3) is 2.71. The van der Waals surface area contributed by atoms with Gasteiger partial charge in [0.25, 0.3) is 5.91 Å². The molecule has 1 saturated carbocycles. The minimum Gasteiger partial charge on any atom is -0.507 e. The molecule has 0 bridgehead atoms. The molecule has 1 amide bonds. The molecule has 11 nitrogen and oxygen atoms in total. The summed E-state index contributed by atoms with van der Waals surface area (Å²) in [5, 5.41) is 65.7. The smallest absolute Gasteiger partial charge is 0.253 e. The Balaban J connectivity index is 1.95. The number of ketones is 1. The topological polar surface area (TPSA) is 197 Å². The van der Waals surface area contributed by atoms with Crippen molar-refractivity contribution < 1.29 is 40.3 Å². The molecule has 3 atom stereocenters. The third-order valence-corrected chi connectivity index (χ3v) is 6.57. The van der Waals surface area contributed by atoms with E-state index in [-0.39, 0.29) is 29.7 Å². The summed E-state index contributed by atoms with van der Waals surface area (Å²) >= 11 is 0. The summed E-state index contributed by atoms with van der Waals surface area (Å²) in [7, 11) is 3.56. The van der Waals surface area contributed by atoms with Crippen LogP contribution in [0.4, 0.5) is 5.69 Å². The number of aliphatic hydroxyl groups excluding tert-OH is 2. The molecule has 0 spiro atoms. The maximum atomic E-state index is 13.5. The van der Waals surface area contributed by atoms with Crippen molar-refractivity contribution in [2.75, 3.05) is 19.0 Å². The second-order valence-electron chi connectivity index (χ2n) is 8.50. The van der Waals surface area contributed by atoms with E-state index in [1.807, 2.05) is 0 Å². The first-order valence-corrected chi connectivity index (χ1v) is 9.83. The molecule has 4 rings (SSSR count). The quantitative estimate of drug-likeness (QED) is 0.185. The fraction of sp³-hybridized carbons (Fsp3) is 0.381. The minimum atomic E-state index is -3.17. The van der Waals surface area contributed by atoms with Crippen molar-refractivity contribution in [3.63, 3.8) is 0 Å². The second kappa shape index (κ2) is 6.97. The number of phenols is 1. The molecular weight excluding hydrogens is 422 g/mol. The van der Waals surface area contributed by atoms with E-state index in [4.69, 9.17) is 5.73 Å². The van der Waals surface area contributed by atoms with Crippen LogP contribution in [0.3, 0.4) is 0 Å².